The lowest BCUT2D eigenvalue weighted by atomic mass is 10.1. The van der Waals surface area contributed by atoms with E-state index in [2.05, 4.69) is 20.6 Å². The third-order valence-electron chi connectivity index (χ3n) is 4.72. The molecule has 0 spiro atoms. The maximum Gasteiger partial charge on any atom is 0.322 e. The van der Waals surface area contributed by atoms with Crippen molar-refractivity contribution in [1.82, 2.24) is 20.2 Å². The number of carbonyl (C=O) groups excluding carboxylic acids is 2. The van der Waals surface area contributed by atoms with Crippen molar-refractivity contribution in [1.29, 1.82) is 0 Å². The average Bonchev–Trinajstić information content (AvgIpc) is 2.73. The normalized spacial score (nSPS) is 10.6. The minimum Gasteiger partial charge on any atom is -0.355 e. The summed E-state index contributed by atoms with van der Waals surface area (Å²) in [6.07, 6.45) is 0. The molecule has 1 aromatic heterocycles. The molecule has 150 valence electrons. The van der Waals surface area contributed by atoms with E-state index in [1.807, 2.05) is 13.0 Å². The third-order valence-corrected chi connectivity index (χ3v) is 4.72. The summed E-state index contributed by atoms with van der Waals surface area (Å²) >= 11 is 0. The zero-order chi connectivity index (χ0) is 21.0. The molecule has 0 aliphatic rings. The lowest BCUT2D eigenvalue weighted by Gasteiger charge is -2.22. The average molecular weight is 393 g/mol. The monoisotopic (exact) mass is 393 g/mol. The van der Waals surface area contributed by atoms with E-state index in [1.165, 1.54) is 4.90 Å². The Kier molecular flexibility index (Phi) is 5.92. The molecule has 0 aliphatic carbocycles. The first-order valence-electron chi connectivity index (χ1n) is 9.30. The highest BCUT2D eigenvalue weighted by molar-refractivity contribution is 5.98. The second-order valence-corrected chi connectivity index (χ2v) is 6.53. The number of para-hydroxylation sites is 1. The number of anilines is 1. The van der Waals surface area contributed by atoms with E-state index in [9.17, 15) is 14.4 Å². The van der Waals surface area contributed by atoms with Crippen LogP contribution < -0.4 is 16.2 Å². The number of carbonyl (C=O) groups is 2. The minimum atomic E-state index is -0.347. The molecule has 0 atom stereocenters. The fourth-order valence-corrected chi connectivity index (χ4v) is 3.06. The standard InChI is InChI=1S/C21H23N5O3/c1-4-26(12-18-23-17-10-6-5-8-15(17)20(28)25-18)21(29)24-16-11-7-9-14(13(16)2)19(27)22-3/h5-11H,4,12H2,1-3H3,(H,22,27)(H,24,29)(H,23,25,28). The number of nitrogens with zero attached hydrogens (tertiary/aromatic N) is 2. The van der Waals surface area contributed by atoms with Crippen molar-refractivity contribution in [2.75, 3.05) is 18.9 Å². The molecule has 3 amide bonds. The fourth-order valence-electron chi connectivity index (χ4n) is 3.06. The predicted molar refractivity (Wildman–Crippen MR) is 112 cm³/mol. The summed E-state index contributed by atoms with van der Waals surface area (Å²) in [5.41, 5.74) is 2.06. The first-order chi connectivity index (χ1) is 13.9. The minimum absolute atomic E-state index is 0.149. The molecule has 0 aliphatic heterocycles. The second-order valence-electron chi connectivity index (χ2n) is 6.53. The third kappa shape index (κ3) is 4.26. The molecule has 3 N–H and O–H groups in total. The van der Waals surface area contributed by atoms with E-state index < -0.39 is 0 Å². The Balaban J connectivity index is 1.82. The zero-order valence-electron chi connectivity index (χ0n) is 16.6. The Morgan fingerprint density at radius 2 is 1.90 bits per heavy atom. The summed E-state index contributed by atoms with van der Waals surface area (Å²) in [4.78, 5) is 45.7. The Morgan fingerprint density at radius 1 is 1.14 bits per heavy atom. The molecule has 8 nitrogen and oxygen atoms in total. The van der Waals surface area contributed by atoms with Crippen molar-refractivity contribution in [2.45, 2.75) is 20.4 Å². The van der Waals surface area contributed by atoms with Gasteiger partial charge in [-0.15, -0.1) is 0 Å². The van der Waals surface area contributed by atoms with Crippen molar-refractivity contribution < 1.29 is 9.59 Å². The van der Waals surface area contributed by atoms with E-state index >= 15 is 0 Å². The van der Waals surface area contributed by atoms with Gasteiger partial charge in [0.15, 0.2) is 0 Å². The van der Waals surface area contributed by atoms with E-state index in [-0.39, 0.29) is 24.0 Å². The number of aromatic amines is 1. The molecule has 0 unspecified atom stereocenters. The van der Waals surface area contributed by atoms with Crippen LogP contribution in [0.1, 0.15) is 28.7 Å². The number of benzene rings is 2. The Morgan fingerprint density at radius 3 is 2.62 bits per heavy atom. The van der Waals surface area contributed by atoms with Crippen LogP contribution in [-0.2, 0) is 6.54 Å². The van der Waals surface area contributed by atoms with Gasteiger partial charge in [-0.1, -0.05) is 18.2 Å². The highest BCUT2D eigenvalue weighted by Gasteiger charge is 2.17. The predicted octanol–water partition coefficient (Wildman–Crippen LogP) is 2.65. The lowest BCUT2D eigenvalue weighted by molar-refractivity contribution is 0.0962. The maximum absolute atomic E-state index is 12.8. The molecular formula is C21H23N5O3. The van der Waals surface area contributed by atoms with Crippen LogP contribution in [-0.4, -0.2) is 40.4 Å². The molecule has 0 saturated carbocycles. The summed E-state index contributed by atoms with van der Waals surface area (Å²) in [6, 6.07) is 11.9. The molecule has 8 heteroatoms. The Labute approximate surface area is 168 Å². The molecule has 1 heterocycles. The summed E-state index contributed by atoms with van der Waals surface area (Å²) < 4.78 is 0. The van der Waals surface area contributed by atoms with Crippen LogP contribution in [0.4, 0.5) is 10.5 Å². The van der Waals surface area contributed by atoms with Gasteiger partial charge in [0.2, 0.25) is 0 Å². The zero-order valence-corrected chi connectivity index (χ0v) is 16.6. The van der Waals surface area contributed by atoms with E-state index in [1.54, 1.807) is 50.4 Å². The van der Waals surface area contributed by atoms with Gasteiger partial charge in [-0.3, -0.25) is 9.59 Å². The lowest BCUT2D eigenvalue weighted by Crippen LogP contribution is -2.35. The van der Waals surface area contributed by atoms with Crippen molar-refractivity contribution in [3.8, 4) is 0 Å². The van der Waals surface area contributed by atoms with Crippen molar-refractivity contribution in [3.05, 3.63) is 69.8 Å². The van der Waals surface area contributed by atoms with Crippen LogP contribution in [0.25, 0.3) is 10.9 Å². The largest absolute Gasteiger partial charge is 0.355 e. The van der Waals surface area contributed by atoms with Crippen LogP contribution in [0.5, 0.6) is 0 Å². The van der Waals surface area contributed by atoms with Gasteiger partial charge in [0.1, 0.15) is 5.82 Å². The second kappa shape index (κ2) is 8.55. The van der Waals surface area contributed by atoms with Gasteiger partial charge in [-0.25, -0.2) is 9.78 Å². The number of amides is 3. The molecule has 0 fully saturated rings. The van der Waals surface area contributed by atoms with E-state index in [0.29, 0.717) is 40.1 Å². The first kappa shape index (κ1) is 20.1. The Hall–Kier alpha value is -3.68. The number of fused-ring (bicyclic) bond motifs is 1. The Bertz CT molecular complexity index is 1120. The number of rotatable bonds is 5. The van der Waals surface area contributed by atoms with Crippen molar-refractivity contribution >= 4 is 28.5 Å². The molecule has 29 heavy (non-hydrogen) atoms. The number of aromatic nitrogens is 2. The van der Waals surface area contributed by atoms with Crippen LogP contribution >= 0.6 is 0 Å². The number of hydrogen-bond acceptors (Lipinski definition) is 4. The maximum atomic E-state index is 12.8. The van der Waals surface area contributed by atoms with Gasteiger partial charge in [0.05, 0.1) is 17.4 Å². The molecule has 2 aromatic carbocycles. The van der Waals surface area contributed by atoms with E-state index in [4.69, 9.17) is 0 Å². The highest BCUT2D eigenvalue weighted by Crippen LogP contribution is 2.19. The summed E-state index contributed by atoms with van der Waals surface area (Å²) in [6.45, 7) is 4.18. The number of nitrogens with one attached hydrogen (secondary N) is 3. The molecule has 0 saturated heterocycles. The van der Waals surface area contributed by atoms with Gasteiger partial charge in [-0.05, 0) is 43.7 Å². The highest BCUT2D eigenvalue weighted by atomic mass is 16.2. The van der Waals surface area contributed by atoms with Gasteiger partial charge in [0, 0.05) is 24.8 Å². The quantitative estimate of drug-likeness (QED) is 0.619. The van der Waals surface area contributed by atoms with Gasteiger partial charge in [0.25, 0.3) is 11.5 Å². The van der Waals surface area contributed by atoms with Gasteiger partial charge >= 0.3 is 6.03 Å². The van der Waals surface area contributed by atoms with Crippen molar-refractivity contribution in [2.24, 2.45) is 0 Å². The number of H-pyrrole nitrogens is 1. The van der Waals surface area contributed by atoms with Crippen LogP contribution in [0.2, 0.25) is 0 Å². The molecule has 3 aromatic rings. The van der Waals surface area contributed by atoms with Crippen molar-refractivity contribution in [3.63, 3.8) is 0 Å². The van der Waals surface area contributed by atoms with E-state index in [0.717, 1.165) is 0 Å². The summed E-state index contributed by atoms with van der Waals surface area (Å²) in [5.74, 6) is 0.186. The smallest absolute Gasteiger partial charge is 0.322 e. The molecular weight excluding hydrogens is 370 g/mol. The number of hydrogen-bond donors (Lipinski definition) is 3. The van der Waals surface area contributed by atoms with Crippen LogP contribution in [0, 0.1) is 6.92 Å². The summed E-state index contributed by atoms with van der Waals surface area (Å²) in [5, 5.41) is 5.93. The van der Waals surface area contributed by atoms with Crippen LogP contribution in [0.3, 0.4) is 0 Å². The topological polar surface area (TPSA) is 107 Å². The fraction of sp³-hybridized carbons (Fsp3) is 0.238. The summed E-state index contributed by atoms with van der Waals surface area (Å²) in [7, 11) is 1.56. The molecule has 3 rings (SSSR count). The number of urea groups is 1. The van der Waals surface area contributed by atoms with Crippen LogP contribution in [0.15, 0.2) is 47.3 Å². The first-order valence-corrected chi connectivity index (χ1v) is 9.30. The van der Waals surface area contributed by atoms with Gasteiger partial charge in [-0.2, -0.15) is 0 Å². The molecule has 0 radical (unpaired) electrons. The van der Waals surface area contributed by atoms with Gasteiger partial charge < -0.3 is 20.5 Å². The SMILES string of the molecule is CCN(Cc1nc2ccccc2c(=O)[nH]1)C(=O)Nc1cccc(C(=O)NC)c1C. The molecule has 0 bridgehead atoms.